The van der Waals surface area contributed by atoms with Gasteiger partial charge in [-0.25, -0.2) is 4.79 Å². The molecule has 2 N–H and O–H groups in total. The molecule has 0 radical (unpaired) electrons. The number of hydrogen-bond acceptors (Lipinski definition) is 2. The molecule has 4 rings (SSSR count). The Morgan fingerprint density at radius 2 is 1.93 bits per heavy atom. The summed E-state index contributed by atoms with van der Waals surface area (Å²) >= 11 is 0. The SMILES string of the molecule is Cc1c[nH]c(=O)n1-c1cccc(NC(=O)C2CC2c2cccc(C(F)(F)F)c2)c1. The number of rotatable bonds is 4. The van der Waals surface area contributed by atoms with Crippen molar-refractivity contribution in [3.63, 3.8) is 0 Å². The number of nitrogens with zero attached hydrogens (tertiary/aromatic N) is 1. The van der Waals surface area contributed by atoms with Crippen molar-refractivity contribution in [3.8, 4) is 5.69 Å². The van der Waals surface area contributed by atoms with Crippen LogP contribution in [0, 0.1) is 12.8 Å². The van der Waals surface area contributed by atoms with Crippen molar-refractivity contribution in [3.05, 3.63) is 82.0 Å². The van der Waals surface area contributed by atoms with Crippen LogP contribution < -0.4 is 11.0 Å². The monoisotopic (exact) mass is 401 g/mol. The molecule has 2 unspecified atom stereocenters. The summed E-state index contributed by atoms with van der Waals surface area (Å²) in [5.41, 5.74) is 1.39. The van der Waals surface area contributed by atoms with Gasteiger partial charge in [0.2, 0.25) is 5.91 Å². The number of amides is 1. The number of aromatic amines is 1. The summed E-state index contributed by atoms with van der Waals surface area (Å²) in [6.45, 7) is 1.78. The molecule has 0 saturated heterocycles. The highest BCUT2D eigenvalue weighted by molar-refractivity contribution is 5.95. The minimum absolute atomic E-state index is 0.227. The Morgan fingerprint density at radius 3 is 2.62 bits per heavy atom. The van der Waals surface area contributed by atoms with Crippen molar-refractivity contribution in [2.24, 2.45) is 5.92 Å². The summed E-state index contributed by atoms with van der Waals surface area (Å²) in [5, 5.41) is 2.80. The molecule has 1 heterocycles. The second kappa shape index (κ2) is 6.95. The molecule has 1 aliphatic carbocycles. The lowest BCUT2D eigenvalue weighted by Gasteiger charge is -2.10. The molecule has 29 heavy (non-hydrogen) atoms. The number of alkyl halides is 3. The number of aromatic nitrogens is 2. The molecule has 0 spiro atoms. The van der Waals surface area contributed by atoms with Gasteiger partial charge in [-0.2, -0.15) is 13.2 Å². The van der Waals surface area contributed by atoms with Gasteiger partial charge in [0.15, 0.2) is 0 Å². The molecule has 1 aliphatic rings. The molecule has 2 aromatic carbocycles. The van der Waals surface area contributed by atoms with Gasteiger partial charge in [-0.05, 0) is 49.1 Å². The molecule has 150 valence electrons. The maximum Gasteiger partial charge on any atom is 0.416 e. The van der Waals surface area contributed by atoms with E-state index in [0.29, 0.717) is 23.4 Å². The second-order valence-corrected chi connectivity index (χ2v) is 7.18. The average Bonchev–Trinajstić information content (AvgIpc) is 3.41. The smallest absolute Gasteiger partial charge is 0.326 e. The largest absolute Gasteiger partial charge is 0.416 e. The van der Waals surface area contributed by atoms with E-state index in [2.05, 4.69) is 10.3 Å². The summed E-state index contributed by atoms with van der Waals surface area (Å²) in [6, 6.07) is 12.0. The van der Waals surface area contributed by atoms with Crippen LogP contribution in [-0.2, 0) is 11.0 Å². The number of carbonyl (C=O) groups excluding carboxylic acids is 1. The van der Waals surface area contributed by atoms with E-state index in [1.54, 1.807) is 43.5 Å². The van der Waals surface area contributed by atoms with Crippen molar-refractivity contribution >= 4 is 11.6 Å². The fourth-order valence-corrected chi connectivity index (χ4v) is 3.53. The standard InChI is InChI=1S/C21H18F3N3O2/c1-12-11-25-20(29)27(12)16-7-3-6-15(9-16)26-19(28)18-10-17(18)13-4-2-5-14(8-13)21(22,23)24/h2-9,11,17-18H,10H2,1H3,(H,25,29)(H,26,28). The van der Waals surface area contributed by atoms with Gasteiger partial charge in [0, 0.05) is 23.5 Å². The minimum Gasteiger partial charge on any atom is -0.326 e. The number of hydrogen-bond donors (Lipinski definition) is 2. The van der Waals surface area contributed by atoms with E-state index in [0.717, 1.165) is 17.8 Å². The summed E-state index contributed by atoms with van der Waals surface area (Å²) in [4.78, 5) is 27.1. The number of nitrogens with one attached hydrogen (secondary N) is 2. The Balaban J connectivity index is 1.48. The molecule has 0 aliphatic heterocycles. The Bertz CT molecular complexity index is 1130. The number of imidazole rings is 1. The van der Waals surface area contributed by atoms with E-state index < -0.39 is 11.7 Å². The average molecular weight is 401 g/mol. The Hall–Kier alpha value is -3.29. The van der Waals surface area contributed by atoms with E-state index in [1.807, 2.05) is 0 Å². The van der Waals surface area contributed by atoms with Crippen LogP contribution in [0.25, 0.3) is 5.69 Å². The third-order valence-electron chi connectivity index (χ3n) is 5.10. The van der Waals surface area contributed by atoms with Crippen LogP contribution in [0.4, 0.5) is 18.9 Å². The molecule has 1 fully saturated rings. The van der Waals surface area contributed by atoms with Gasteiger partial charge in [0.05, 0.1) is 11.3 Å². The zero-order valence-electron chi connectivity index (χ0n) is 15.5. The van der Waals surface area contributed by atoms with Crippen LogP contribution in [0.1, 0.15) is 29.2 Å². The van der Waals surface area contributed by atoms with Crippen molar-refractivity contribution in [1.82, 2.24) is 9.55 Å². The van der Waals surface area contributed by atoms with Crippen LogP contribution >= 0.6 is 0 Å². The molecular weight excluding hydrogens is 383 g/mol. The lowest BCUT2D eigenvalue weighted by atomic mass is 10.1. The lowest BCUT2D eigenvalue weighted by Crippen LogP contribution is -2.17. The molecule has 1 amide bonds. The van der Waals surface area contributed by atoms with Gasteiger partial charge in [0.1, 0.15) is 0 Å². The van der Waals surface area contributed by atoms with Gasteiger partial charge in [-0.1, -0.05) is 24.3 Å². The van der Waals surface area contributed by atoms with Crippen molar-refractivity contribution in [2.75, 3.05) is 5.32 Å². The topological polar surface area (TPSA) is 66.9 Å². The molecular formula is C21H18F3N3O2. The van der Waals surface area contributed by atoms with Gasteiger partial charge < -0.3 is 10.3 Å². The number of anilines is 1. The number of aryl methyl sites for hydroxylation is 1. The minimum atomic E-state index is -4.41. The first-order valence-corrected chi connectivity index (χ1v) is 9.09. The molecule has 8 heteroatoms. The quantitative estimate of drug-likeness (QED) is 0.687. The van der Waals surface area contributed by atoms with Gasteiger partial charge in [0.25, 0.3) is 0 Å². The maximum atomic E-state index is 12.9. The fraction of sp³-hybridized carbons (Fsp3) is 0.238. The number of carbonyl (C=O) groups is 1. The highest BCUT2D eigenvalue weighted by Gasteiger charge is 2.44. The fourth-order valence-electron chi connectivity index (χ4n) is 3.53. The summed E-state index contributed by atoms with van der Waals surface area (Å²) in [5.74, 6) is -0.850. The summed E-state index contributed by atoms with van der Waals surface area (Å²) in [7, 11) is 0. The lowest BCUT2D eigenvalue weighted by molar-refractivity contribution is -0.137. The van der Waals surface area contributed by atoms with E-state index in [9.17, 15) is 22.8 Å². The highest BCUT2D eigenvalue weighted by Crippen LogP contribution is 2.48. The van der Waals surface area contributed by atoms with Crippen molar-refractivity contribution < 1.29 is 18.0 Å². The third kappa shape index (κ3) is 3.83. The summed E-state index contributed by atoms with van der Waals surface area (Å²) in [6.07, 6.45) is -2.31. The molecule has 2 atom stereocenters. The van der Waals surface area contributed by atoms with Gasteiger partial charge >= 0.3 is 11.9 Å². The van der Waals surface area contributed by atoms with Crippen LogP contribution in [0.3, 0.4) is 0 Å². The predicted molar refractivity (Wildman–Crippen MR) is 102 cm³/mol. The molecule has 3 aromatic rings. The number of halogens is 3. The molecule has 1 aromatic heterocycles. The van der Waals surface area contributed by atoms with E-state index in [-0.39, 0.29) is 23.4 Å². The maximum absolute atomic E-state index is 12.9. The number of benzene rings is 2. The first kappa shape index (κ1) is 19.0. The van der Waals surface area contributed by atoms with E-state index >= 15 is 0 Å². The van der Waals surface area contributed by atoms with Crippen LogP contribution in [-0.4, -0.2) is 15.5 Å². The van der Waals surface area contributed by atoms with E-state index in [4.69, 9.17) is 0 Å². The molecule has 1 saturated carbocycles. The first-order chi connectivity index (χ1) is 13.7. The highest BCUT2D eigenvalue weighted by atomic mass is 19.4. The molecule has 5 nitrogen and oxygen atoms in total. The predicted octanol–water partition coefficient (Wildman–Crippen LogP) is 4.24. The zero-order valence-corrected chi connectivity index (χ0v) is 15.5. The Labute approximate surface area is 164 Å². The third-order valence-corrected chi connectivity index (χ3v) is 5.10. The Kier molecular flexibility index (Phi) is 4.56. The van der Waals surface area contributed by atoms with Crippen molar-refractivity contribution in [2.45, 2.75) is 25.4 Å². The Morgan fingerprint density at radius 1 is 1.17 bits per heavy atom. The van der Waals surface area contributed by atoms with Crippen LogP contribution in [0.15, 0.2) is 59.5 Å². The van der Waals surface area contributed by atoms with Gasteiger partial charge in [-0.3, -0.25) is 9.36 Å². The van der Waals surface area contributed by atoms with Crippen LogP contribution in [0.2, 0.25) is 0 Å². The number of H-pyrrole nitrogens is 1. The molecule has 0 bridgehead atoms. The first-order valence-electron chi connectivity index (χ1n) is 9.09. The second-order valence-electron chi connectivity index (χ2n) is 7.18. The van der Waals surface area contributed by atoms with Gasteiger partial charge in [-0.15, -0.1) is 0 Å². The van der Waals surface area contributed by atoms with Crippen LogP contribution in [0.5, 0.6) is 0 Å². The zero-order chi connectivity index (χ0) is 20.8. The van der Waals surface area contributed by atoms with Crippen molar-refractivity contribution in [1.29, 1.82) is 0 Å². The normalized spacial score (nSPS) is 18.5. The summed E-state index contributed by atoms with van der Waals surface area (Å²) < 4.78 is 40.2. The van der Waals surface area contributed by atoms with E-state index in [1.165, 1.54) is 10.6 Å².